The molecule has 26 heavy (non-hydrogen) atoms. The lowest BCUT2D eigenvalue weighted by Crippen LogP contribution is -2.47. The van der Waals surface area contributed by atoms with Crippen LogP contribution in [0.2, 0.25) is 0 Å². The van der Waals surface area contributed by atoms with Crippen molar-refractivity contribution in [3.8, 4) is 0 Å². The Morgan fingerprint density at radius 2 is 2.08 bits per heavy atom. The first kappa shape index (κ1) is 21.0. The molecule has 2 aromatic rings. The molecule has 1 aromatic heterocycles. The summed E-state index contributed by atoms with van der Waals surface area (Å²) in [6, 6.07) is 10.6. The smallest absolute Gasteiger partial charge is 0.191 e. The van der Waals surface area contributed by atoms with Crippen LogP contribution in [0.25, 0.3) is 10.9 Å². The quantitative estimate of drug-likeness (QED) is 0.313. The molecule has 0 amide bonds. The van der Waals surface area contributed by atoms with E-state index in [1.54, 1.807) is 7.11 Å². The maximum absolute atomic E-state index is 5.27. The van der Waals surface area contributed by atoms with Crippen molar-refractivity contribution < 1.29 is 4.74 Å². The number of aliphatic imine (C=N–C) groups is 1. The Bertz CT molecular complexity index is 676. The van der Waals surface area contributed by atoms with E-state index in [1.165, 1.54) is 35.9 Å². The second-order valence-electron chi connectivity index (χ2n) is 7.08. The molecule has 1 saturated carbocycles. The zero-order chi connectivity index (χ0) is 17.5. The predicted octanol–water partition coefficient (Wildman–Crippen LogP) is 3.70. The normalized spacial score (nSPS) is 16.0. The van der Waals surface area contributed by atoms with Gasteiger partial charge >= 0.3 is 0 Å². The largest absolute Gasteiger partial charge is 0.385 e. The minimum Gasteiger partial charge on any atom is -0.385 e. The standard InChI is InChI=1S/C20H30N4O.HI/c1-21-19(23-15-20(9-5-10-20)11-13-25-2)22-12-8-17-14-16-6-3-4-7-18(16)24-17;/h3-4,6-7,14,24H,5,8-13,15H2,1-2H3,(H2,21,22,23);1H. The molecule has 1 heterocycles. The van der Waals surface area contributed by atoms with Gasteiger partial charge in [0, 0.05) is 51.5 Å². The highest BCUT2D eigenvalue weighted by Crippen LogP contribution is 2.43. The van der Waals surface area contributed by atoms with Gasteiger partial charge in [0.15, 0.2) is 5.96 Å². The van der Waals surface area contributed by atoms with Crippen molar-refractivity contribution in [2.75, 3.05) is 33.9 Å². The summed E-state index contributed by atoms with van der Waals surface area (Å²) in [5, 5.41) is 8.20. The highest BCUT2D eigenvalue weighted by molar-refractivity contribution is 14.0. The number of H-pyrrole nitrogens is 1. The molecule has 0 spiro atoms. The molecule has 5 nitrogen and oxygen atoms in total. The van der Waals surface area contributed by atoms with E-state index in [1.807, 2.05) is 7.05 Å². The topological polar surface area (TPSA) is 61.4 Å². The molecule has 3 rings (SSSR count). The highest BCUT2D eigenvalue weighted by Gasteiger charge is 2.36. The number of ether oxygens (including phenoxy) is 1. The van der Waals surface area contributed by atoms with Gasteiger partial charge in [-0.2, -0.15) is 0 Å². The molecule has 1 fully saturated rings. The average molecular weight is 470 g/mol. The van der Waals surface area contributed by atoms with E-state index < -0.39 is 0 Å². The minimum absolute atomic E-state index is 0. The first-order chi connectivity index (χ1) is 12.2. The molecular weight excluding hydrogens is 439 g/mol. The number of para-hydroxylation sites is 1. The Labute approximate surface area is 173 Å². The summed E-state index contributed by atoms with van der Waals surface area (Å²) in [5.41, 5.74) is 2.84. The Balaban J connectivity index is 0.00000243. The number of nitrogens with zero attached hydrogens (tertiary/aromatic N) is 1. The van der Waals surface area contributed by atoms with Gasteiger partial charge in [-0.05, 0) is 42.2 Å². The number of halogens is 1. The third-order valence-electron chi connectivity index (χ3n) is 5.38. The van der Waals surface area contributed by atoms with Gasteiger partial charge in [-0.15, -0.1) is 24.0 Å². The Kier molecular flexibility index (Phi) is 8.21. The van der Waals surface area contributed by atoms with Crippen LogP contribution in [-0.2, 0) is 11.2 Å². The lowest BCUT2D eigenvalue weighted by atomic mass is 9.67. The number of guanidine groups is 1. The summed E-state index contributed by atoms with van der Waals surface area (Å²) in [6.45, 7) is 2.67. The van der Waals surface area contributed by atoms with Crippen molar-refractivity contribution >= 4 is 40.8 Å². The summed E-state index contributed by atoms with van der Waals surface area (Å²) in [5.74, 6) is 0.889. The fraction of sp³-hybridized carbons (Fsp3) is 0.550. The van der Waals surface area contributed by atoms with E-state index in [2.05, 4.69) is 50.9 Å². The van der Waals surface area contributed by atoms with Crippen LogP contribution in [-0.4, -0.2) is 44.8 Å². The van der Waals surface area contributed by atoms with Crippen LogP contribution < -0.4 is 10.6 Å². The second kappa shape index (κ2) is 10.2. The van der Waals surface area contributed by atoms with Gasteiger partial charge in [0.05, 0.1) is 0 Å². The van der Waals surface area contributed by atoms with Crippen molar-refractivity contribution in [2.45, 2.75) is 32.1 Å². The van der Waals surface area contributed by atoms with Crippen molar-refractivity contribution in [1.29, 1.82) is 0 Å². The zero-order valence-corrected chi connectivity index (χ0v) is 18.1. The Morgan fingerprint density at radius 3 is 2.73 bits per heavy atom. The van der Waals surface area contributed by atoms with Gasteiger partial charge in [0.25, 0.3) is 0 Å². The summed E-state index contributed by atoms with van der Waals surface area (Å²) in [4.78, 5) is 7.83. The molecular formula is C20H31IN4O. The highest BCUT2D eigenvalue weighted by atomic mass is 127. The Hall–Kier alpha value is -1.28. The molecule has 0 bridgehead atoms. The molecule has 1 aromatic carbocycles. The van der Waals surface area contributed by atoms with Crippen molar-refractivity contribution in [3.63, 3.8) is 0 Å². The molecule has 1 aliphatic carbocycles. The molecule has 0 unspecified atom stereocenters. The summed E-state index contributed by atoms with van der Waals surface area (Å²) < 4.78 is 5.27. The molecule has 144 valence electrons. The number of aromatic nitrogens is 1. The van der Waals surface area contributed by atoms with E-state index in [0.29, 0.717) is 5.41 Å². The molecule has 6 heteroatoms. The van der Waals surface area contributed by atoms with Gasteiger partial charge in [0.2, 0.25) is 0 Å². The van der Waals surface area contributed by atoms with Crippen LogP contribution >= 0.6 is 24.0 Å². The van der Waals surface area contributed by atoms with E-state index >= 15 is 0 Å². The average Bonchev–Trinajstić information content (AvgIpc) is 3.01. The van der Waals surface area contributed by atoms with E-state index in [-0.39, 0.29) is 24.0 Å². The number of rotatable bonds is 8. The second-order valence-corrected chi connectivity index (χ2v) is 7.08. The fourth-order valence-electron chi connectivity index (χ4n) is 3.59. The van der Waals surface area contributed by atoms with Gasteiger partial charge in [-0.25, -0.2) is 0 Å². The van der Waals surface area contributed by atoms with Gasteiger partial charge < -0.3 is 20.4 Å². The van der Waals surface area contributed by atoms with E-state index in [0.717, 1.165) is 38.5 Å². The molecule has 0 radical (unpaired) electrons. The molecule has 1 aliphatic rings. The third kappa shape index (κ3) is 5.36. The third-order valence-corrected chi connectivity index (χ3v) is 5.38. The number of aromatic amines is 1. The lowest BCUT2D eigenvalue weighted by molar-refractivity contribution is 0.0732. The van der Waals surface area contributed by atoms with Crippen LogP contribution in [0.4, 0.5) is 0 Å². The maximum Gasteiger partial charge on any atom is 0.191 e. The summed E-state index contributed by atoms with van der Waals surface area (Å²) >= 11 is 0. The van der Waals surface area contributed by atoms with Crippen molar-refractivity contribution in [3.05, 3.63) is 36.0 Å². The van der Waals surface area contributed by atoms with Crippen LogP contribution in [0, 0.1) is 5.41 Å². The van der Waals surface area contributed by atoms with Gasteiger partial charge in [-0.1, -0.05) is 24.6 Å². The molecule has 3 N–H and O–H groups in total. The zero-order valence-electron chi connectivity index (χ0n) is 15.8. The first-order valence-electron chi connectivity index (χ1n) is 9.25. The number of nitrogens with one attached hydrogen (secondary N) is 3. The fourth-order valence-corrected chi connectivity index (χ4v) is 3.59. The first-order valence-corrected chi connectivity index (χ1v) is 9.25. The lowest BCUT2D eigenvalue weighted by Gasteiger charge is -2.42. The number of benzene rings is 1. The number of methoxy groups -OCH3 is 1. The summed E-state index contributed by atoms with van der Waals surface area (Å²) in [7, 11) is 3.62. The minimum atomic E-state index is 0. The molecule has 0 aliphatic heterocycles. The Morgan fingerprint density at radius 1 is 1.27 bits per heavy atom. The molecule has 0 saturated heterocycles. The SMILES string of the molecule is CN=C(NCCc1cc2ccccc2[nH]1)NCC1(CCOC)CCC1.I. The van der Waals surface area contributed by atoms with Crippen molar-refractivity contribution in [1.82, 2.24) is 15.6 Å². The molecule has 0 atom stereocenters. The summed E-state index contributed by atoms with van der Waals surface area (Å²) in [6.07, 6.45) is 5.98. The monoisotopic (exact) mass is 470 g/mol. The van der Waals surface area contributed by atoms with Crippen LogP contribution in [0.15, 0.2) is 35.3 Å². The van der Waals surface area contributed by atoms with Crippen LogP contribution in [0.5, 0.6) is 0 Å². The number of fused-ring (bicyclic) bond motifs is 1. The van der Waals surface area contributed by atoms with Crippen LogP contribution in [0.3, 0.4) is 0 Å². The number of hydrogen-bond donors (Lipinski definition) is 3. The predicted molar refractivity (Wildman–Crippen MR) is 120 cm³/mol. The van der Waals surface area contributed by atoms with E-state index in [4.69, 9.17) is 4.74 Å². The van der Waals surface area contributed by atoms with Gasteiger partial charge in [0.1, 0.15) is 0 Å². The van der Waals surface area contributed by atoms with Crippen LogP contribution in [0.1, 0.15) is 31.4 Å². The maximum atomic E-state index is 5.27. The number of hydrogen-bond acceptors (Lipinski definition) is 2. The van der Waals surface area contributed by atoms with E-state index in [9.17, 15) is 0 Å². The van der Waals surface area contributed by atoms with Crippen molar-refractivity contribution in [2.24, 2.45) is 10.4 Å². The van der Waals surface area contributed by atoms with Gasteiger partial charge in [-0.3, -0.25) is 4.99 Å².